The van der Waals surface area contributed by atoms with Crippen molar-refractivity contribution in [3.8, 4) is 0 Å². The fourth-order valence-corrected chi connectivity index (χ4v) is 3.50. The Balaban J connectivity index is 2.38. The fourth-order valence-electron chi connectivity index (χ4n) is 3.50. The maximum Gasteiger partial charge on any atom is 0.0484 e. The Morgan fingerprint density at radius 1 is 1.26 bits per heavy atom. The van der Waals surface area contributed by atoms with Crippen LogP contribution in [0.5, 0.6) is 0 Å². The molecule has 1 nitrogen and oxygen atoms in total. The minimum Gasteiger partial charge on any atom is -0.307 e. The van der Waals surface area contributed by atoms with Crippen LogP contribution in [-0.4, -0.2) is 6.54 Å². The highest BCUT2D eigenvalue weighted by atomic mass is 15.0. The van der Waals surface area contributed by atoms with Crippen molar-refractivity contribution in [3.63, 3.8) is 0 Å². The highest BCUT2D eigenvalue weighted by Crippen LogP contribution is 2.45. The fraction of sp³-hybridized carbons (Fsp3) is 0.667. The third kappa shape index (κ3) is 2.86. The number of benzene rings is 1. The van der Waals surface area contributed by atoms with E-state index in [1.165, 1.54) is 30.4 Å². The van der Waals surface area contributed by atoms with Gasteiger partial charge in [-0.2, -0.15) is 0 Å². The van der Waals surface area contributed by atoms with Crippen LogP contribution in [0, 0.1) is 11.3 Å². The Labute approximate surface area is 118 Å². The van der Waals surface area contributed by atoms with E-state index in [0.717, 1.165) is 12.5 Å². The van der Waals surface area contributed by atoms with E-state index in [1.807, 2.05) is 0 Å². The maximum atomic E-state index is 3.81. The molecule has 0 aromatic heterocycles. The lowest BCUT2D eigenvalue weighted by atomic mass is 9.68. The van der Waals surface area contributed by atoms with E-state index in [-0.39, 0.29) is 11.0 Å². The van der Waals surface area contributed by atoms with Gasteiger partial charge in [0, 0.05) is 5.54 Å². The van der Waals surface area contributed by atoms with Crippen LogP contribution >= 0.6 is 0 Å². The van der Waals surface area contributed by atoms with Crippen LogP contribution in [0.3, 0.4) is 0 Å². The summed E-state index contributed by atoms with van der Waals surface area (Å²) in [6.07, 6.45) is 3.71. The summed E-state index contributed by atoms with van der Waals surface area (Å²) in [6.45, 7) is 12.8. The molecule has 0 bridgehead atoms. The average molecular weight is 259 g/mol. The summed E-state index contributed by atoms with van der Waals surface area (Å²) in [5, 5.41) is 3.81. The van der Waals surface area contributed by atoms with Gasteiger partial charge in [-0.25, -0.2) is 0 Å². The largest absolute Gasteiger partial charge is 0.307 e. The molecule has 1 aliphatic heterocycles. The summed E-state index contributed by atoms with van der Waals surface area (Å²) < 4.78 is 0. The van der Waals surface area contributed by atoms with E-state index < -0.39 is 0 Å². The molecule has 1 unspecified atom stereocenters. The normalized spacial score (nSPS) is 24.1. The van der Waals surface area contributed by atoms with E-state index in [4.69, 9.17) is 0 Å². The molecule has 1 aromatic rings. The zero-order chi connectivity index (χ0) is 14.1. The zero-order valence-corrected chi connectivity index (χ0v) is 13.2. The summed E-state index contributed by atoms with van der Waals surface area (Å²) in [6, 6.07) is 9.26. The van der Waals surface area contributed by atoms with Crippen molar-refractivity contribution < 1.29 is 0 Å². The van der Waals surface area contributed by atoms with Crippen molar-refractivity contribution >= 4 is 0 Å². The number of hydrogen-bond donors (Lipinski definition) is 1. The van der Waals surface area contributed by atoms with Crippen LogP contribution in [0.1, 0.15) is 58.6 Å². The Kier molecular flexibility index (Phi) is 4.06. The van der Waals surface area contributed by atoms with E-state index in [2.05, 4.69) is 64.2 Å². The van der Waals surface area contributed by atoms with Crippen LogP contribution in [-0.2, 0) is 12.0 Å². The highest BCUT2D eigenvalue weighted by molar-refractivity contribution is 5.33. The minimum absolute atomic E-state index is 0.153. The van der Waals surface area contributed by atoms with Crippen molar-refractivity contribution in [2.45, 2.75) is 59.4 Å². The summed E-state index contributed by atoms with van der Waals surface area (Å²) >= 11 is 0. The third-order valence-corrected chi connectivity index (χ3v) is 4.50. The van der Waals surface area contributed by atoms with Gasteiger partial charge in [-0.1, -0.05) is 58.9 Å². The lowest BCUT2D eigenvalue weighted by molar-refractivity contribution is 0.160. The third-order valence-electron chi connectivity index (χ3n) is 4.50. The van der Waals surface area contributed by atoms with Gasteiger partial charge < -0.3 is 5.32 Å². The first kappa shape index (κ1) is 14.6. The Hall–Kier alpha value is -0.820. The molecule has 1 saturated heterocycles. The van der Waals surface area contributed by atoms with Crippen LogP contribution in [0.15, 0.2) is 24.3 Å². The Morgan fingerprint density at radius 3 is 2.53 bits per heavy atom. The van der Waals surface area contributed by atoms with Crippen molar-refractivity contribution in [2.75, 3.05) is 6.54 Å². The van der Waals surface area contributed by atoms with Gasteiger partial charge in [-0.3, -0.25) is 0 Å². The zero-order valence-electron chi connectivity index (χ0n) is 13.2. The first-order chi connectivity index (χ1) is 8.85. The van der Waals surface area contributed by atoms with Gasteiger partial charge in [0.05, 0.1) is 0 Å². The van der Waals surface area contributed by atoms with E-state index in [0.29, 0.717) is 0 Å². The van der Waals surface area contributed by atoms with Gasteiger partial charge in [0.1, 0.15) is 0 Å². The van der Waals surface area contributed by atoms with Crippen molar-refractivity contribution in [1.29, 1.82) is 0 Å². The van der Waals surface area contributed by atoms with Crippen molar-refractivity contribution in [1.82, 2.24) is 5.32 Å². The topological polar surface area (TPSA) is 12.0 Å². The Bertz CT molecular complexity index is 420. The van der Waals surface area contributed by atoms with E-state index in [1.54, 1.807) is 0 Å². The molecule has 1 N–H and O–H groups in total. The smallest absolute Gasteiger partial charge is 0.0484 e. The molecule has 0 amide bonds. The van der Waals surface area contributed by atoms with Crippen molar-refractivity contribution in [3.05, 3.63) is 35.4 Å². The summed E-state index contributed by atoms with van der Waals surface area (Å²) in [7, 11) is 0. The van der Waals surface area contributed by atoms with Gasteiger partial charge in [-0.15, -0.1) is 0 Å². The van der Waals surface area contributed by atoms with Crippen LogP contribution in [0.4, 0.5) is 0 Å². The number of rotatable bonds is 3. The summed E-state index contributed by atoms with van der Waals surface area (Å²) in [4.78, 5) is 0. The van der Waals surface area contributed by atoms with E-state index in [9.17, 15) is 0 Å². The molecule has 0 radical (unpaired) electrons. The lowest BCUT2D eigenvalue weighted by Crippen LogP contribution is -2.48. The quantitative estimate of drug-likeness (QED) is 0.842. The molecule has 1 heteroatoms. The first-order valence-electron chi connectivity index (χ1n) is 7.69. The second-order valence-electron chi connectivity index (χ2n) is 7.48. The second-order valence-corrected chi connectivity index (χ2v) is 7.48. The number of hydrogen-bond acceptors (Lipinski definition) is 1. The molecular weight excluding hydrogens is 230 g/mol. The molecule has 2 rings (SSSR count). The monoisotopic (exact) mass is 259 g/mol. The van der Waals surface area contributed by atoms with E-state index >= 15 is 0 Å². The molecule has 1 heterocycles. The van der Waals surface area contributed by atoms with Gasteiger partial charge in [0.25, 0.3) is 0 Å². The molecule has 0 spiro atoms. The molecule has 1 atom stereocenters. The van der Waals surface area contributed by atoms with Crippen LogP contribution in [0.25, 0.3) is 0 Å². The van der Waals surface area contributed by atoms with Crippen LogP contribution in [0.2, 0.25) is 0 Å². The molecule has 1 fully saturated rings. The minimum atomic E-state index is 0.153. The molecule has 106 valence electrons. The second kappa shape index (κ2) is 5.28. The number of nitrogens with one attached hydrogen (secondary N) is 1. The van der Waals surface area contributed by atoms with Gasteiger partial charge in [0.2, 0.25) is 0 Å². The van der Waals surface area contributed by atoms with Crippen molar-refractivity contribution in [2.24, 2.45) is 11.3 Å². The van der Waals surface area contributed by atoms with Gasteiger partial charge in [-0.05, 0) is 48.3 Å². The van der Waals surface area contributed by atoms with Crippen LogP contribution < -0.4 is 5.32 Å². The molecule has 0 saturated carbocycles. The maximum absolute atomic E-state index is 3.81. The molecule has 1 aromatic carbocycles. The molecule has 1 aliphatic rings. The SMILES string of the molecule is CC(C)Cc1cccc(C2(C(C)(C)C)CCCN2)c1. The average Bonchev–Trinajstić information content (AvgIpc) is 2.77. The molecular formula is C18H29N. The van der Waals surface area contributed by atoms with Gasteiger partial charge >= 0.3 is 0 Å². The predicted molar refractivity (Wildman–Crippen MR) is 83.4 cm³/mol. The Morgan fingerprint density at radius 2 is 2.00 bits per heavy atom. The van der Waals surface area contributed by atoms with Gasteiger partial charge in [0.15, 0.2) is 0 Å². The molecule has 0 aliphatic carbocycles. The first-order valence-corrected chi connectivity index (χ1v) is 7.69. The lowest BCUT2D eigenvalue weighted by Gasteiger charge is -2.43. The highest BCUT2D eigenvalue weighted by Gasteiger charge is 2.45. The summed E-state index contributed by atoms with van der Waals surface area (Å²) in [5.74, 6) is 0.720. The predicted octanol–water partition coefficient (Wildman–Crippen LogP) is 4.51. The molecule has 19 heavy (non-hydrogen) atoms. The summed E-state index contributed by atoms with van der Waals surface area (Å²) in [5.41, 5.74) is 3.36. The standard InChI is InChI=1S/C18H29N/c1-14(2)12-15-8-6-9-16(13-15)18(17(3,4)5)10-7-11-19-18/h6,8-9,13-14,19H,7,10-12H2,1-5H3.